The van der Waals surface area contributed by atoms with Crippen LogP contribution in [-0.2, 0) is 0 Å². The first kappa shape index (κ1) is 23.0. The van der Waals surface area contributed by atoms with Crippen LogP contribution in [0.1, 0.15) is 143 Å². The Balaban J connectivity index is 3.28. The van der Waals surface area contributed by atoms with E-state index in [-0.39, 0.29) is 0 Å². The number of rotatable bonds is 19. The first-order valence-electron chi connectivity index (χ1n) is 11.3. The second-order valence-corrected chi connectivity index (χ2v) is 7.80. The molecule has 1 unspecified atom stereocenters. The summed E-state index contributed by atoms with van der Waals surface area (Å²) in [5.74, 6) is 1.02. The smallest absolute Gasteiger partial charge is 0.0417 e. The molecule has 0 aliphatic rings. The van der Waals surface area contributed by atoms with Crippen LogP contribution < -0.4 is 0 Å². The van der Waals surface area contributed by atoms with Crippen molar-refractivity contribution in [3.63, 3.8) is 0 Å². The molecule has 0 heteroatoms. The van der Waals surface area contributed by atoms with E-state index in [2.05, 4.69) is 20.8 Å². The van der Waals surface area contributed by atoms with Crippen LogP contribution in [0.5, 0.6) is 0 Å². The fourth-order valence-electron chi connectivity index (χ4n) is 3.69. The highest BCUT2D eigenvalue weighted by Gasteiger charge is 2.05. The molecule has 0 amide bonds. The van der Waals surface area contributed by atoms with Gasteiger partial charge in [0.15, 0.2) is 0 Å². The van der Waals surface area contributed by atoms with E-state index in [1.807, 2.05) is 0 Å². The summed E-state index contributed by atoms with van der Waals surface area (Å²) in [5, 5.41) is 0. The molecule has 0 aliphatic carbocycles. The summed E-state index contributed by atoms with van der Waals surface area (Å²) in [7, 11) is 0. The van der Waals surface area contributed by atoms with Crippen LogP contribution in [0.2, 0.25) is 0 Å². The Morgan fingerprint density at radius 3 is 1.00 bits per heavy atom. The Labute approximate surface area is 149 Å². The van der Waals surface area contributed by atoms with Crippen molar-refractivity contribution in [2.45, 2.75) is 143 Å². The van der Waals surface area contributed by atoms with Crippen molar-refractivity contribution in [2.24, 2.45) is 5.92 Å². The maximum atomic E-state index is 2.40. The van der Waals surface area contributed by atoms with Gasteiger partial charge in [-0.05, 0) is 5.92 Å². The SMILES string of the molecule is CCCCCCCCCCCC(CC)CCCCCCCCC. The minimum Gasteiger partial charge on any atom is -0.0654 e. The van der Waals surface area contributed by atoms with Crippen molar-refractivity contribution in [2.75, 3.05) is 0 Å². The third-order valence-electron chi connectivity index (χ3n) is 5.51. The van der Waals surface area contributed by atoms with Crippen LogP contribution in [0.25, 0.3) is 0 Å². The zero-order chi connectivity index (χ0) is 17.0. The molecule has 1 atom stereocenters. The molecule has 0 N–H and O–H groups in total. The van der Waals surface area contributed by atoms with Gasteiger partial charge in [-0.3, -0.25) is 0 Å². The highest BCUT2D eigenvalue weighted by Crippen LogP contribution is 2.21. The van der Waals surface area contributed by atoms with Crippen molar-refractivity contribution >= 4 is 0 Å². The molecule has 23 heavy (non-hydrogen) atoms. The zero-order valence-corrected chi connectivity index (χ0v) is 17.0. The monoisotopic (exact) mass is 324 g/mol. The maximum Gasteiger partial charge on any atom is -0.0417 e. The Morgan fingerprint density at radius 1 is 0.391 bits per heavy atom. The Kier molecular flexibility index (Phi) is 20.0. The highest BCUT2D eigenvalue weighted by atomic mass is 14.1. The van der Waals surface area contributed by atoms with Crippen molar-refractivity contribution in [1.82, 2.24) is 0 Å². The minimum atomic E-state index is 1.02. The van der Waals surface area contributed by atoms with Crippen LogP contribution in [-0.4, -0.2) is 0 Å². The summed E-state index contributed by atoms with van der Waals surface area (Å²) in [6.45, 7) is 7.01. The summed E-state index contributed by atoms with van der Waals surface area (Å²) in [4.78, 5) is 0. The molecule has 0 aromatic heterocycles. The van der Waals surface area contributed by atoms with E-state index in [4.69, 9.17) is 0 Å². The second-order valence-electron chi connectivity index (χ2n) is 7.80. The van der Waals surface area contributed by atoms with Gasteiger partial charge in [0.25, 0.3) is 0 Å². The fraction of sp³-hybridized carbons (Fsp3) is 1.00. The predicted molar refractivity (Wildman–Crippen MR) is 108 cm³/mol. The van der Waals surface area contributed by atoms with Crippen molar-refractivity contribution in [1.29, 1.82) is 0 Å². The predicted octanol–water partition coefficient (Wildman–Crippen LogP) is 9.07. The van der Waals surface area contributed by atoms with Crippen LogP contribution in [0, 0.1) is 5.92 Å². The Morgan fingerprint density at radius 2 is 0.696 bits per heavy atom. The van der Waals surface area contributed by atoms with Crippen LogP contribution in [0.4, 0.5) is 0 Å². The van der Waals surface area contributed by atoms with Gasteiger partial charge < -0.3 is 0 Å². The second kappa shape index (κ2) is 20.0. The summed E-state index contributed by atoms with van der Waals surface area (Å²) >= 11 is 0. The van der Waals surface area contributed by atoms with E-state index < -0.39 is 0 Å². The fourth-order valence-corrected chi connectivity index (χ4v) is 3.69. The first-order valence-corrected chi connectivity index (χ1v) is 11.3. The standard InChI is InChI=1S/C23H48/c1-4-7-9-11-13-14-16-18-20-22-23(6-3)21-19-17-15-12-10-8-5-2/h23H,4-22H2,1-3H3. The lowest BCUT2D eigenvalue weighted by molar-refractivity contribution is 0.392. The van der Waals surface area contributed by atoms with Gasteiger partial charge in [0.05, 0.1) is 0 Å². The van der Waals surface area contributed by atoms with Crippen molar-refractivity contribution < 1.29 is 0 Å². The van der Waals surface area contributed by atoms with Gasteiger partial charge in [-0.1, -0.05) is 143 Å². The van der Waals surface area contributed by atoms with Gasteiger partial charge >= 0.3 is 0 Å². The molecule has 0 rings (SSSR count). The normalized spacial score (nSPS) is 12.7. The van der Waals surface area contributed by atoms with Crippen LogP contribution in [0.3, 0.4) is 0 Å². The minimum absolute atomic E-state index is 1.02. The van der Waals surface area contributed by atoms with Crippen molar-refractivity contribution in [3.05, 3.63) is 0 Å². The molecule has 0 radical (unpaired) electrons. The number of hydrogen-bond donors (Lipinski definition) is 0. The zero-order valence-electron chi connectivity index (χ0n) is 17.0. The van der Waals surface area contributed by atoms with Gasteiger partial charge in [-0.25, -0.2) is 0 Å². The average Bonchev–Trinajstić information content (AvgIpc) is 2.57. The number of hydrogen-bond acceptors (Lipinski definition) is 0. The lowest BCUT2D eigenvalue weighted by Crippen LogP contribution is -1.99. The molecule has 0 bridgehead atoms. The Bertz CT molecular complexity index is 196. The van der Waals surface area contributed by atoms with Crippen LogP contribution in [0.15, 0.2) is 0 Å². The lowest BCUT2D eigenvalue weighted by atomic mass is 9.92. The summed E-state index contributed by atoms with van der Waals surface area (Å²) in [6, 6.07) is 0. The van der Waals surface area contributed by atoms with Gasteiger partial charge in [0, 0.05) is 0 Å². The van der Waals surface area contributed by atoms with Crippen molar-refractivity contribution in [3.8, 4) is 0 Å². The quantitative estimate of drug-likeness (QED) is 0.208. The van der Waals surface area contributed by atoms with Crippen LogP contribution >= 0.6 is 0 Å². The molecule has 140 valence electrons. The molecular weight excluding hydrogens is 276 g/mol. The van der Waals surface area contributed by atoms with E-state index in [1.54, 1.807) is 0 Å². The summed E-state index contributed by atoms with van der Waals surface area (Å²) in [6.07, 6.45) is 27.8. The molecule has 0 heterocycles. The third-order valence-corrected chi connectivity index (χ3v) is 5.51. The third kappa shape index (κ3) is 18.2. The molecule has 0 aliphatic heterocycles. The van der Waals surface area contributed by atoms with E-state index in [9.17, 15) is 0 Å². The van der Waals surface area contributed by atoms with Gasteiger partial charge in [0.1, 0.15) is 0 Å². The topological polar surface area (TPSA) is 0 Å². The highest BCUT2D eigenvalue weighted by molar-refractivity contribution is 4.59. The molecule has 0 fully saturated rings. The molecule has 0 spiro atoms. The first-order chi connectivity index (χ1) is 11.3. The molecular formula is C23H48. The molecule has 0 saturated carbocycles. The van der Waals surface area contributed by atoms with Gasteiger partial charge in [-0.2, -0.15) is 0 Å². The molecule has 0 aromatic carbocycles. The summed E-state index contributed by atoms with van der Waals surface area (Å²) in [5.41, 5.74) is 0. The molecule has 0 nitrogen and oxygen atoms in total. The largest absolute Gasteiger partial charge is 0.0654 e. The average molecular weight is 325 g/mol. The lowest BCUT2D eigenvalue weighted by Gasteiger charge is -2.14. The summed E-state index contributed by atoms with van der Waals surface area (Å²) < 4.78 is 0. The van der Waals surface area contributed by atoms with E-state index in [0.717, 1.165) is 5.92 Å². The van der Waals surface area contributed by atoms with E-state index in [0.29, 0.717) is 0 Å². The maximum absolute atomic E-state index is 2.40. The molecule has 0 aromatic rings. The molecule has 0 saturated heterocycles. The van der Waals surface area contributed by atoms with E-state index in [1.165, 1.54) is 122 Å². The van der Waals surface area contributed by atoms with Gasteiger partial charge in [0.2, 0.25) is 0 Å². The Hall–Kier alpha value is 0. The van der Waals surface area contributed by atoms with Gasteiger partial charge in [-0.15, -0.1) is 0 Å². The van der Waals surface area contributed by atoms with E-state index >= 15 is 0 Å². The number of unbranched alkanes of at least 4 members (excludes halogenated alkanes) is 14.